The van der Waals surface area contributed by atoms with Crippen molar-refractivity contribution in [3.8, 4) is 6.07 Å². The Hall–Kier alpha value is -0.590. The minimum atomic E-state index is -0.245. The van der Waals surface area contributed by atoms with Crippen LogP contribution in [-0.2, 0) is 0 Å². The van der Waals surface area contributed by atoms with Crippen molar-refractivity contribution < 1.29 is 0 Å². The summed E-state index contributed by atoms with van der Waals surface area (Å²) in [5, 5.41) is 13.4. The van der Waals surface area contributed by atoms with E-state index in [9.17, 15) is 5.26 Å². The van der Waals surface area contributed by atoms with Crippen LogP contribution in [0.25, 0.3) is 0 Å². The van der Waals surface area contributed by atoms with Gasteiger partial charge in [-0.1, -0.05) is 33.6 Å². The van der Waals surface area contributed by atoms with Gasteiger partial charge < -0.3 is 4.90 Å². The van der Waals surface area contributed by atoms with Crippen molar-refractivity contribution >= 4 is 0 Å². The van der Waals surface area contributed by atoms with E-state index in [0.29, 0.717) is 12.1 Å². The average molecular weight is 291 g/mol. The maximum Gasteiger partial charge on any atom is 0.108 e. The van der Waals surface area contributed by atoms with Crippen molar-refractivity contribution in [1.82, 2.24) is 10.2 Å². The van der Waals surface area contributed by atoms with E-state index in [1.807, 2.05) is 0 Å². The fourth-order valence-electron chi connectivity index (χ4n) is 3.86. The Labute approximate surface area is 131 Å². The molecule has 0 aliphatic heterocycles. The summed E-state index contributed by atoms with van der Waals surface area (Å²) < 4.78 is 0. The third kappa shape index (κ3) is 4.44. The molecule has 120 valence electrons. The molecule has 3 heteroatoms. The minimum absolute atomic E-state index is 0.245. The first-order valence-corrected chi connectivity index (χ1v) is 9.09. The van der Waals surface area contributed by atoms with Gasteiger partial charge in [-0.05, 0) is 51.0 Å². The zero-order valence-corrected chi connectivity index (χ0v) is 14.2. The van der Waals surface area contributed by atoms with Crippen molar-refractivity contribution in [3.05, 3.63) is 0 Å². The molecule has 0 aromatic carbocycles. The Bertz CT molecular complexity index is 354. The van der Waals surface area contributed by atoms with E-state index >= 15 is 0 Å². The summed E-state index contributed by atoms with van der Waals surface area (Å²) in [7, 11) is 0. The number of hydrogen-bond donors (Lipinski definition) is 1. The highest BCUT2D eigenvalue weighted by Crippen LogP contribution is 2.34. The van der Waals surface area contributed by atoms with Gasteiger partial charge in [-0.25, -0.2) is 0 Å². The Morgan fingerprint density at radius 2 is 1.95 bits per heavy atom. The second-order valence-electron chi connectivity index (χ2n) is 7.13. The quantitative estimate of drug-likeness (QED) is 0.741. The van der Waals surface area contributed by atoms with Gasteiger partial charge in [0.2, 0.25) is 0 Å². The van der Waals surface area contributed by atoms with Gasteiger partial charge in [-0.15, -0.1) is 0 Å². The maximum absolute atomic E-state index is 9.73. The molecule has 3 nitrogen and oxygen atoms in total. The molecule has 21 heavy (non-hydrogen) atoms. The molecule has 2 saturated carbocycles. The first kappa shape index (κ1) is 16.8. The summed E-state index contributed by atoms with van der Waals surface area (Å²) in [5.41, 5.74) is -0.245. The summed E-state index contributed by atoms with van der Waals surface area (Å²) in [4.78, 5) is 2.65. The van der Waals surface area contributed by atoms with Crippen LogP contribution in [0.3, 0.4) is 0 Å². The fraction of sp³-hybridized carbons (Fsp3) is 0.944. The highest BCUT2D eigenvalue weighted by Gasteiger charge is 2.41. The molecular weight excluding hydrogens is 258 g/mol. The molecule has 0 bridgehead atoms. The molecule has 0 saturated heterocycles. The molecule has 0 spiro atoms. The molecule has 1 N–H and O–H groups in total. The number of nitrogens with one attached hydrogen (secondary N) is 1. The van der Waals surface area contributed by atoms with Gasteiger partial charge in [-0.2, -0.15) is 5.26 Å². The van der Waals surface area contributed by atoms with Gasteiger partial charge in [0.15, 0.2) is 0 Å². The van der Waals surface area contributed by atoms with E-state index < -0.39 is 0 Å². The summed E-state index contributed by atoms with van der Waals surface area (Å²) in [6.07, 6.45) is 9.58. The average Bonchev–Trinajstić information content (AvgIpc) is 3.32. The minimum Gasteiger partial charge on any atom is -0.300 e. The summed E-state index contributed by atoms with van der Waals surface area (Å²) in [6, 6.07) is 3.86. The van der Waals surface area contributed by atoms with Crippen LogP contribution in [0.5, 0.6) is 0 Å². The molecule has 0 amide bonds. The molecule has 0 radical (unpaired) electrons. The second-order valence-corrected chi connectivity index (χ2v) is 7.13. The van der Waals surface area contributed by atoms with E-state index in [1.165, 1.54) is 45.1 Å². The molecule has 2 aliphatic rings. The SMILES string of the molecule is CCC(CC)CN(CC)C1CCCC(C#N)(NC2CC2)C1. The number of nitriles is 1. The Morgan fingerprint density at radius 3 is 2.48 bits per heavy atom. The summed E-state index contributed by atoms with van der Waals surface area (Å²) in [5.74, 6) is 0.805. The third-order valence-corrected chi connectivity index (χ3v) is 5.57. The van der Waals surface area contributed by atoms with Crippen LogP contribution >= 0.6 is 0 Å². The predicted octanol–water partition coefficient (Wildman–Crippen LogP) is 3.70. The molecule has 2 fully saturated rings. The first-order chi connectivity index (χ1) is 10.2. The lowest BCUT2D eigenvalue weighted by atomic mass is 9.79. The van der Waals surface area contributed by atoms with Gasteiger partial charge in [0, 0.05) is 18.6 Å². The van der Waals surface area contributed by atoms with Gasteiger partial charge >= 0.3 is 0 Å². The monoisotopic (exact) mass is 291 g/mol. The van der Waals surface area contributed by atoms with E-state index in [0.717, 1.165) is 25.3 Å². The molecule has 0 heterocycles. The molecule has 0 aromatic heterocycles. The third-order valence-electron chi connectivity index (χ3n) is 5.57. The van der Waals surface area contributed by atoms with Crippen LogP contribution in [0.1, 0.15) is 72.1 Å². The number of hydrogen-bond acceptors (Lipinski definition) is 3. The topological polar surface area (TPSA) is 39.1 Å². The van der Waals surface area contributed by atoms with Crippen LogP contribution in [0.15, 0.2) is 0 Å². The van der Waals surface area contributed by atoms with Crippen molar-refractivity contribution in [2.75, 3.05) is 13.1 Å². The van der Waals surface area contributed by atoms with Crippen LogP contribution in [0.2, 0.25) is 0 Å². The van der Waals surface area contributed by atoms with Gasteiger partial charge in [0.25, 0.3) is 0 Å². The highest BCUT2D eigenvalue weighted by molar-refractivity contribution is 5.13. The normalized spacial score (nSPS) is 29.8. The molecule has 2 atom stereocenters. The van der Waals surface area contributed by atoms with Crippen LogP contribution in [0.4, 0.5) is 0 Å². The zero-order chi connectivity index (χ0) is 15.3. The molecule has 0 aromatic rings. The van der Waals surface area contributed by atoms with Crippen molar-refractivity contribution in [2.24, 2.45) is 5.92 Å². The van der Waals surface area contributed by atoms with Gasteiger partial charge in [0.1, 0.15) is 5.54 Å². The lowest BCUT2D eigenvalue weighted by molar-refractivity contribution is 0.106. The fourth-order valence-corrected chi connectivity index (χ4v) is 3.86. The van der Waals surface area contributed by atoms with E-state index in [-0.39, 0.29) is 5.54 Å². The summed E-state index contributed by atoms with van der Waals surface area (Å²) in [6.45, 7) is 9.21. The first-order valence-electron chi connectivity index (χ1n) is 9.09. The Kier molecular flexibility index (Phi) is 6.08. The van der Waals surface area contributed by atoms with Gasteiger partial charge in [-0.3, -0.25) is 5.32 Å². The van der Waals surface area contributed by atoms with Crippen LogP contribution < -0.4 is 5.32 Å². The predicted molar refractivity (Wildman–Crippen MR) is 88.1 cm³/mol. The van der Waals surface area contributed by atoms with E-state index in [1.54, 1.807) is 0 Å². The second kappa shape index (κ2) is 7.61. The van der Waals surface area contributed by atoms with Crippen LogP contribution in [0, 0.1) is 17.2 Å². The maximum atomic E-state index is 9.73. The largest absolute Gasteiger partial charge is 0.300 e. The smallest absolute Gasteiger partial charge is 0.108 e. The zero-order valence-electron chi connectivity index (χ0n) is 14.2. The Morgan fingerprint density at radius 1 is 1.24 bits per heavy atom. The van der Waals surface area contributed by atoms with Crippen molar-refractivity contribution in [3.63, 3.8) is 0 Å². The van der Waals surface area contributed by atoms with Crippen LogP contribution in [-0.4, -0.2) is 35.6 Å². The van der Waals surface area contributed by atoms with Crippen molar-refractivity contribution in [2.45, 2.75) is 89.8 Å². The summed E-state index contributed by atoms with van der Waals surface area (Å²) >= 11 is 0. The standard InChI is InChI=1S/C18H33N3/c1-4-15(5-2)13-21(6-3)17-8-7-11-18(12-17,14-19)20-16-9-10-16/h15-17,20H,4-13H2,1-3H3. The lowest BCUT2D eigenvalue weighted by Crippen LogP contribution is -2.54. The van der Waals surface area contributed by atoms with E-state index in [4.69, 9.17) is 0 Å². The lowest BCUT2D eigenvalue weighted by Gasteiger charge is -2.42. The van der Waals surface area contributed by atoms with E-state index in [2.05, 4.69) is 37.1 Å². The number of rotatable bonds is 8. The molecule has 2 aliphatic carbocycles. The molecule has 2 unspecified atom stereocenters. The van der Waals surface area contributed by atoms with Crippen molar-refractivity contribution in [1.29, 1.82) is 5.26 Å². The number of nitrogens with zero attached hydrogens (tertiary/aromatic N) is 2. The van der Waals surface area contributed by atoms with Gasteiger partial charge in [0.05, 0.1) is 6.07 Å². The Balaban J connectivity index is 1.98. The molecular formula is C18H33N3. The highest BCUT2D eigenvalue weighted by atomic mass is 15.2. The molecule has 2 rings (SSSR count).